The van der Waals surface area contributed by atoms with E-state index in [0.717, 1.165) is 12.3 Å². The van der Waals surface area contributed by atoms with E-state index in [9.17, 15) is 27.6 Å². The summed E-state index contributed by atoms with van der Waals surface area (Å²) < 4.78 is 38.5. The second-order valence-corrected chi connectivity index (χ2v) is 6.44. The van der Waals surface area contributed by atoms with Gasteiger partial charge in [0.05, 0.1) is 6.42 Å². The molecule has 1 fully saturated rings. The fourth-order valence-corrected chi connectivity index (χ4v) is 3.00. The molecule has 0 aliphatic carbocycles. The van der Waals surface area contributed by atoms with Crippen LogP contribution in [-0.2, 0) is 20.6 Å². The van der Waals surface area contributed by atoms with Crippen LogP contribution in [-0.4, -0.2) is 46.7 Å². The van der Waals surface area contributed by atoms with Crippen LogP contribution in [0, 0.1) is 0 Å². The molecule has 0 aromatic carbocycles. The standard InChI is InChI=1S/C16H17F3N6O3/c17-16(18,19)10-3-4-21-15(23-10)25-5-1-2-8(7-25)22-14(28)13-12(20)9(26)6-11(27)24-13/h3-4,8H,1-2,5-7,20H2,(H,22,28)(H,24,27). The van der Waals surface area contributed by atoms with Gasteiger partial charge in [-0.15, -0.1) is 0 Å². The minimum atomic E-state index is -4.59. The van der Waals surface area contributed by atoms with Gasteiger partial charge in [-0.2, -0.15) is 13.2 Å². The first kappa shape index (κ1) is 19.6. The topological polar surface area (TPSA) is 130 Å². The Labute approximate surface area is 157 Å². The van der Waals surface area contributed by atoms with Crippen LogP contribution in [0.4, 0.5) is 19.1 Å². The average molecular weight is 398 g/mol. The number of alkyl halides is 3. The maximum atomic E-state index is 12.8. The van der Waals surface area contributed by atoms with Gasteiger partial charge < -0.3 is 21.3 Å². The van der Waals surface area contributed by atoms with E-state index >= 15 is 0 Å². The van der Waals surface area contributed by atoms with Crippen molar-refractivity contribution in [2.24, 2.45) is 5.73 Å². The van der Waals surface area contributed by atoms with Gasteiger partial charge in [0.1, 0.15) is 17.1 Å². The molecule has 2 amide bonds. The third-order valence-corrected chi connectivity index (χ3v) is 4.36. The van der Waals surface area contributed by atoms with E-state index in [2.05, 4.69) is 20.6 Å². The lowest BCUT2D eigenvalue weighted by Gasteiger charge is -2.33. The lowest BCUT2D eigenvalue weighted by atomic mass is 10.0. The number of hydrogen-bond donors (Lipinski definition) is 3. The van der Waals surface area contributed by atoms with Gasteiger partial charge in [-0.25, -0.2) is 9.97 Å². The molecule has 1 aromatic heterocycles. The molecule has 0 bridgehead atoms. The minimum absolute atomic E-state index is 0.0892. The first-order chi connectivity index (χ1) is 13.1. The highest BCUT2D eigenvalue weighted by Gasteiger charge is 2.34. The molecule has 4 N–H and O–H groups in total. The van der Waals surface area contributed by atoms with Crippen molar-refractivity contribution in [3.63, 3.8) is 0 Å². The predicted molar refractivity (Wildman–Crippen MR) is 89.4 cm³/mol. The summed E-state index contributed by atoms with van der Waals surface area (Å²) in [5.41, 5.74) is 3.89. The van der Waals surface area contributed by atoms with E-state index < -0.39 is 41.9 Å². The molecule has 12 heteroatoms. The third-order valence-electron chi connectivity index (χ3n) is 4.36. The number of halogens is 3. The Morgan fingerprint density at radius 1 is 1.36 bits per heavy atom. The SMILES string of the molecule is NC1=C(C(=O)NC2CCCN(c3nccc(C(F)(F)F)n3)C2)NC(=O)CC1=O. The Kier molecular flexibility index (Phi) is 5.21. The Balaban J connectivity index is 1.70. The first-order valence-corrected chi connectivity index (χ1v) is 8.44. The highest BCUT2D eigenvalue weighted by molar-refractivity contribution is 6.16. The number of Topliss-reactive ketones (excluding diaryl/α,β-unsaturated/α-hetero) is 1. The lowest BCUT2D eigenvalue weighted by Crippen LogP contribution is -2.51. The molecule has 3 rings (SSSR count). The zero-order valence-corrected chi connectivity index (χ0v) is 14.5. The Morgan fingerprint density at radius 3 is 2.82 bits per heavy atom. The number of aromatic nitrogens is 2. The van der Waals surface area contributed by atoms with Gasteiger partial charge in [0.15, 0.2) is 5.78 Å². The Hall–Kier alpha value is -3.18. The molecular formula is C16H17F3N6O3. The average Bonchev–Trinajstić information content (AvgIpc) is 2.64. The first-order valence-electron chi connectivity index (χ1n) is 8.44. The molecule has 0 radical (unpaired) electrons. The summed E-state index contributed by atoms with van der Waals surface area (Å²) in [7, 11) is 0. The number of nitrogens with two attached hydrogens (primary N) is 1. The van der Waals surface area contributed by atoms with Gasteiger partial charge in [-0.05, 0) is 18.9 Å². The molecule has 9 nitrogen and oxygen atoms in total. The summed E-state index contributed by atoms with van der Waals surface area (Å²) in [6, 6.07) is 0.332. The molecule has 28 heavy (non-hydrogen) atoms. The van der Waals surface area contributed by atoms with Crippen LogP contribution in [0.3, 0.4) is 0 Å². The van der Waals surface area contributed by atoms with E-state index in [-0.39, 0.29) is 23.9 Å². The van der Waals surface area contributed by atoms with Crippen molar-refractivity contribution in [1.29, 1.82) is 0 Å². The van der Waals surface area contributed by atoms with Crippen LogP contribution in [0.1, 0.15) is 25.0 Å². The zero-order valence-electron chi connectivity index (χ0n) is 14.5. The fraction of sp³-hybridized carbons (Fsp3) is 0.438. The second-order valence-electron chi connectivity index (χ2n) is 6.44. The summed E-state index contributed by atoms with van der Waals surface area (Å²) in [6.45, 7) is 0.593. The highest BCUT2D eigenvalue weighted by Crippen LogP contribution is 2.28. The normalized spacial score (nSPS) is 20.8. The maximum absolute atomic E-state index is 12.8. The van der Waals surface area contributed by atoms with Gasteiger partial charge in [-0.3, -0.25) is 14.4 Å². The molecule has 1 atom stereocenters. The number of piperidine rings is 1. The van der Waals surface area contributed by atoms with Crippen LogP contribution in [0.25, 0.3) is 0 Å². The molecule has 1 unspecified atom stereocenters. The largest absolute Gasteiger partial charge is 0.433 e. The van der Waals surface area contributed by atoms with Crippen LogP contribution in [0.5, 0.6) is 0 Å². The minimum Gasteiger partial charge on any atom is -0.394 e. The molecule has 0 spiro atoms. The molecule has 150 valence electrons. The molecular weight excluding hydrogens is 381 g/mol. The van der Waals surface area contributed by atoms with Gasteiger partial charge >= 0.3 is 6.18 Å². The third kappa shape index (κ3) is 4.21. The van der Waals surface area contributed by atoms with Crippen molar-refractivity contribution in [2.75, 3.05) is 18.0 Å². The predicted octanol–water partition coefficient (Wildman–Crippen LogP) is -0.160. The number of hydrogen-bond acceptors (Lipinski definition) is 7. The van der Waals surface area contributed by atoms with Crippen LogP contribution in [0.2, 0.25) is 0 Å². The monoisotopic (exact) mass is 398 g/mol. The number of nitrogens with one attached hydrogen (secondary N) is 2. The summed E-state index contributed by atoms with van der Waals surface area (Å²) in [5.74, 6) is -2.09. The second kappa shape index (κ2) is 7.44. The maximum Gasteiger partial charge on any atom is 0.433 e. The van der Waals surface area contributed by atoms with E-state index in [1.165, 1.54) is 4.90 Å². The molecule has 3 heterocycles. The van der Waals surface area contributed by atoms with Gasteiger partial charge in [0, 0.05) is 25.3 Å². The van der Waals surface area contributed by atoms with Crippen molar-refractivity contribution < 1.29 is 27.6 Å². The molecule has 1 aromatic rings. The van der Waals surface area contributed by atoms with Gasteiger partial charge in [0.2, 0.25) is 11.9 Å². The number of allylic oxidation sites excluding steroid dienone is 1. The smallest absolute Gasteiger partial charge is 0.394 e. The number of amides is 2. The molecule has 0 saturated carbocycles. The van der Waals surface area contributed by atoms with Crippen molar-refractivity contribution in [1.82, 2.24) is 20.6 Å². The van der Waals surface area contributed by atoms with E-state index in [1.807, 2.05) is 0 Å². The molecule has 1 saturated heterocycles. The van der Waals surface area contributed by atoms with Crippen LogP contribution >= 0.6 is 0 Å². The Morgan fingerprint density at radius 2 is 2.11 bits per heavy atom. The molecule has 2 aliphatic rings. The van der Waals surface area contributed by atoms with Crippen LogP contribution in [0.15, 0.2) is 23.7 Å². The van der Waals surface area contributed by atoms with Crippen molar-refractivity contribution >= 4 is 23.5 Å². The van der Waals surface area contributed by atoms with E-state index in [1.54, 1.807) is 0 Å². The van der Waals surface area contributed by atoms with Crippen molar-refractivity contribution in [2.45, 2.75) is 31.5 Å². The van der Waals surface area contributed by atoms with Crippen molar-refractivity contribution in [3.05, 3.63) is 29.4 Å². The number of carbonyl (C=O) groups is 3. The number of carbonyl (C=O) groups excluding carboxylic acids is 3. The fourth-order valence-electron chi connectivity index (χ4n) is 3.00. The van der Waals surface area contributed by atoms with Crippen molar-refractivity contribution in [3.8, 4) is 0 Å². The summed E-state index contributed by atoms with van der Waals surface area (Å²) in [5, 5.41) is 4.91. The number of ketones is 1. The lowest BCUT2D eigenvalue weighted by molar-refractivity contribution is -0.141. The van der Waals surface area contributed by atoms with Gasteiger partial charge in [0.25, 0.3) is 5.91 Å². The summed E-state index contributed by atoms with van der Waals surface area (Å²) in [4.78, 5) is 44.4. The molecule has 2 aliphatic heterocycles. The number of rotatable bonds is 3. The highest BCUT2D eigenvalue weighted by atomic mass is 19.4. The zero-order chi connectivity index (χ0) is 20.5. The summed E-state index contributed by atoms with van der Waals surface area (Å²) >= 11 is 0. The van der Waals surface area contributed by atoms with Crippen LogP contribution < -0.4 is 21.3 Å². The summed E-state index contributed by atoms with van der Waals surface area (Å²) in [6.07, 6.45) is -2.85. The quantitative estimate of drug-likeness (QED) is 0.603. The number of anilines is 1. The Bertz CT molecular complexity index is 854. The van der Waals surface area contributed by atoms with E-state index in [0.29, 0.717) is 19.4 Å². The van der Waals surface area contributed by atoms with Gasteiger partial charge in [-0.1, -0.05) is 0 Å². The number of nitrogens with zero attached hydrogens (tertiary/aromatic N) is 3. The van der Waals surface area contributed by atoms with E-state index in [4.69, 9.17) is 5.73 Å².